The number of aliphatic imine (C=N–C) groups is 1. The van der Waals surface area contributed by atoms with Gasteiger partial charge >= 0.3 is 0 Å². The summed E-state index contributed by atoms with van der Waals surface area (Å²) in [7, 11) is 0. The van der Waals surface area contributed by atoms with Gasteiger partial charge in [0.25, 0.3) is 5.91 Å². The summed E-state index contributed by atoms with van der Waals surface area (Å²) in [6, 6.07) is 13.8. The van der Waals surface area contributed by atoms with Crippen LogP contribution in [0.2, 0.25) is 0 Å². The number of thioether (sulfide) groups is 1. The lowest BCUT2D eigenvalue weighted by Crippen LogP contribution is -2.39. The average Bonchev–Trinajstić information content (AvgIpc) is 2.62. The number of rotatable bonds is 3. The molecule has 1 aliphatic heterocycles. The van der Waals surface area contributed by atoms with Crippen molar-refractivity contribution in [2.75, 3.05) is 12.3 Å². The summed E-state index contributed by atoms with van der Waals surface area (Å²) in [6.45, 7) is 4.86. The zero-order chi connectivity index (χ0) is 17.8. The molecule has 3 nitrogen and oxygen atoms in total. The molecule has 0 bridgehead atoms. The van der Waals surface area contributed by atoms with E-state index < -0.39 is 5.82 Å². The van der Waals surface area contributed by atoms with Gasteiger partial charge in [0, 0.05) is 17.9 Å². The summed E-state index contributed by atoms with van der Waals surface area (Å²) in [5.41, 5.74) is 2.39. The quantitative estimate of drug-likeness (QED) is 0.756. The third-order valence-corrected chi connectivity index (χ3v) is 5.14. The summed E-state index contributed by atoms with van der Waals surface area (Å²) in [5, 5.41) is 0.689. The maximum atomic E-state index is 13.5. The van der Waals surface area contributed by atoms with E-state index in [1.54, 1.807) is 28.8 Å². The van der Waals surface area contributed by atoms with E-state index in [-0.39, 0.29) is 5.91 Å². The highest BCUT2D eigenvalue weighted by Crippen LogP contribution is 2.30. The van der Waals surface area contributed by atoms with Gasteiger partial charge < -0.3 is 0 Å². The number of carbonyl (C=O) groups excluding carboxylic acids is 1. The maximum Gasteiger partial charge on any atom is 0.259 e. The second-order valence-corrected chi connectivity index (χ2v) is 7.34. The Kier molecular flexibility index (Phi) is 5.53. The van der Waals surface area contributed by atoms with Gasteiger partial charge in [0.15, 0.2) is 5.17 Å². The van der Waals surface area contributed by atoms with Crippen LogP contribution in [0.3, 0.4) is 0 Å². The van der Waals surface area contributed by atoms with Gasteiger partial charge in [-0.2, -0.15) is 0 Å². The number of hydrogen-bond acceptors (Lipinski definition) is 3. The van der Waals surface area contributed by atoms with E-state index in [2.05, 4.69) is 19.9 Å². The largest absolute Gasteiger partial charge is 0.287 e. The van der Waals surface area contributed by atoms with Crippen molar-refractivity contribution in [2.45, 2.75) is 26.2 Å². The van der Waals surface area contributed by atoms with Crippen LogP contribution in [-0.2, 0) is 0 Å². The van der Waals surface area contributed by atoms with E-state index >= 15 is 0 Å². The molecule has 0 unspecified atom stereocenters. The van der Waals surface area contributed by atoms with Gasteiger partial charge in [0.05, 0.1) is 5.69 Å². The summed E-state index contributed by atoms with van der Waals surface area (Å²) < 4.78 is 13.5. The van der Waals surface area contributed by atoms with Crippen LogP contribution in [0.4, 0.5) is 10.1 Å². The highest BCUT2D eigenvalue weighted by atomic mass is 32.2. The molecule has 0 aromatic heterocycles. The first kappa shape index (κ1) is 17.7. The van der Waals surface area contributed by atoms with Crippen LogP contribution in [0.5, 0.6) is 0 Å². The summed E-state index contributed by atoms with van der Waals surface area (Å²) >= 11 is 1.58. The first-order chi connectivity index (χ1) is 12.1. The van der Waals surface area contributed by atoms with Gasteiger partial charge in [-0.15, -0.1) is 0 Å². The second kappa shape index (κ2) is 7.83. The maximum absolute atomic E-state index is 13.5. The minimum Gasteiger partial charge on any atom is -0.287 e. The fourth-order valence-electron chi connectivity index (χ4n) is 2.80. The fourth-order valence-corrected chi connectivity index (χ4v) is 3.75. The molecule has 2 aromatic carbocycles. The third-order valence-electron chi connectivity index (χ3n) is 4.08. The van der Waals surface area contributed by atoms with Crippen LogP contribution in [0.25, 0.3) is 0 Å². The molecular weight excluding hydrogens is 335 g/mol. The van der Waals surface area contributed by atoms with Crippen LogP contribution in [0, 0.1) is 5.82 Å². The topological polar surface area (TPSA) is 32.7 Å². The Balaban J connectivity index is 1.95. The molecule has 5 heteroatoms. The van der Waals surface area contributed by atoms with E-state index in [1.807, 2.05) is 18.2 Å². The molecule has 0 saturated carbocycles. The van der Waals surface area contributed by atoms with Crippen molar-refractivity contribution in [1.82, 2.24) is 4.90 Å². The normalized spacial score (nSPS) is 16.5. The first-order valence-electron chi connectivity index (χ1n) is 8.44. The molecule has 1 aliphatic rings. The van der Waals surface area contributed by atoms with Gasteiger partial charge in [0.2, 0.25) is 0 Å². The van der Waals surface area contributed by atoms with E-state index in [4.69, 9.17) is 4.99 Å². The van der Waals surface area contributed by atoms with Crippen LogP contribution in [-0.4, -0.2) is 28.3 Å². The van der Waals surface area contributed by atoms with Crippen molar-refractivity contribution in [3.05, 3.63) is 65.5 Å². The lowest BCUT2D eigenvalue weighted by Gasteiger charge is -2.28. The van der Waals surface area contributed by atoms with Crippen LogP contribution >= 0.6 is 11.8 Å². The molecule has 0 spiro atoms. The molecule has 130 valence electrons. The number of halogens is 1. The fraction of sp³-hybridized carbons (Fsp3) is 0.300. The van der Waals surface area contributed by atoms with Crippen LogP contribution in [0.15, 0.2) is 53.5 Å². The Labute approximate surface area is 152 Å². The van der Waals surface area contributed by atoms with Crippen molar-refractivity contribution in [3.63, 3.8) is 0 Å². The molecule has 1 saturated heterocycles. The minimum absolute atomic E-state index is 0.201. The number of amides is 1. The Bertz CT molecular complexity index is 804. The predicted molar refractivity (Wildman–Crippen MR) is 102 cm³/mol. The van der Waals surface area contributed by atoms with Crippen molar-refractivity contribution >= 4 is 28.5 Å². The number of amidine groups is 1. The average molecular weight is 356 g/mol. The summed E-state index contributed by atoms with van der Waals surface area (Å²) in [5.74, 6) is 0.670. The van der Waals surface area contributed by atoms with Crippen molar-refractivity contribution in [3.8, 4) is 0 Å². The number of hydrogen-bond donors (Lipinski definition) is 0. The molecule has 1 heterocycles. The Morgan fingerprint density at radius 1 is 1.20 bits per heavy atom. The van der Waals surface area contributed by atoms with E-state index in [0.717, 1.165) is 23.4 Å². The SMILES string of the molecule is CC(C)c1ccccc1N=C1SCCCN1C(=O)c1cccc(F)c1. The molecular formula is C20H21FN2OS. The van der Waals surface area contributed by atoms with Gasteiger partial charge in [-0.1, -0.05) is 49.9 Å². The molecule has 0 aliphatic carbocycles. The van der Waals surface area contributed by atoms with Gasteiger partial charge in [-0.3, -0.25) is 9.69 Å². The number of nitrogens with zero attached hydrogens (tertiary/aromatic N) is 2. The van der Waals surface area contributed by atoms with E-state index in [9.17, 15) is 9.18 Å². The van der Waals surface area contributed by atoms with E-state index in [0.29, 0.717) is 23.2 Å². The molecule has 3 rings (SSSR count). The van der Waals surface area contributed by atoms with Crippen molar-refractivity contribution in [2.24, 2.45) is 4.99 Å². The lowest BCUT2D eigenvalue weighted by atomic mass is 10.0. The number of para-hydroxylation sites is 1. The Morgan fingerprint density at radius 2 is 2.00 bits per heavy atom. The Hall–Kier alpha value is -2.14. The monoisotopic (exact) mass is 356 g/mol. The molecule has 0 atom stereocenters. The van der Waals surface area contributed by atoms with Gasteiger partial charge in [-0.05, 0) is 42.2 Å². The standard InChI is InChI=1S/C20H21FN2OS/c1-14(2)17-9-3-4-10-18(17)22-20-23(11-6-12-25-20)19(24)15-7-5-8-16(21)13-15/h3-5,7-10,13-14H,6,11-12H2,1-2H3. The second-order valence-electron chi connectivity index (χ2n) is 6.28. The van der Waals surface area contributed by atoms with Crippen molar-refractivity contribution in [1.29, 1.82) is 0 Å². The minimum atomic E-state index is -0.404. The van der Waals surface area contributed by atoms with Crippen LogP contribution < -0.4 is 0 Å². The van der Waals surface area contributed by atoms with Gasteiger partial charge in [-0.25, -0.2) is 9.38 Å². The number of carbonyl (C=O) groups is 1. The molecule has 0 radical (unpaired) electrons. The zero-order valence-electron chi connectivity index (χ0n) is 14.4. The third kappa shape index (κ3) is 4.10. The predicted octanol–water partition coefficient (Wildman–Crippen LogP) is 5.22. The lowest BCUT2D eigenvalue weighted by molar-refractivity contribution is 0.0848. The van der Waals surface area contributed by atoms with E-state index in [1.165, 1.54) is 12.1 Å². The Morgan fingerprint density at radius 3 is 2.76 bits per heavy atom. The molecule has 25 heavy (non-hydrogen) atoms. The molecule has 0 N–H and O–H groups in total. The number of benzene rings is 2. The molecule has 1 amide bonds. The van der Waals surface area contributed by atoms with Gasteiger partial charge in [0.1, 0.15) is 5.82 Å². The summed E-state index contributed by atoms with van der Waals surface area (Å²) in [4.78, 5) is 19.3. The zero-order valence-corrected chi connectivity index (χ0v) is 15.2. The van der Waals surface area contributed by atoms with Crippen molar-refractivity contribution < 1.29 is 9.18 Å². The van der Waals surface area contributed by atoms with Crippen LogP contribution in [0.1, 0.15) is 42.1 Å². The first-order valence-corrected chi connectivity index (χ1v) is 9.42. The summed E-state index contributed by atoms with van der Waals surface area (Å²) in [6.07, 6.45) is 0.899. The molecule has 2 aromatic rings. The smallest absolute Gasteiger partial charge is 0.259 e. The molecule has 1 fully saturated rings. The highest BCUT2D eigenvalue weighted by molar-refractivity contribution is 8.13. The highest BCUT2D eigenvalue weighted by Gasteiger charge is 2.25.